The number of likely N-dealkylation sites (tertiary alicyclic amines) is 1. The first-order valence-electron chi connectivity index (χ1n) is 11.5. The molecule has 2 saturated heterocycles. The second-order valence-corrected chi connectivity index (χ2v) is 9.71. The lowest BCUT2D eigenvalue weighted by Crippen LogP contribution is -2.65. The molecule has 3 atom stereocenters. The highest BCUT2D eigenvalue weighted by atomic mass is 16.4. The number of phenols is 1. The molecule has 3 aliphatic heterocycles. The number of rotatable bonds is 6. The predicted octanol–water partition coefficient (Wildman–Crippen LogP) is -0.118. The normalized spacial score (nSPS) is 29.6. The van der Waals surface area contributed by atoms with Gasteiger partial charge in [0.2, 0.25) is 11.8 Å². The maximum atomic E-state index is 12.6. The number of carbonyl (C=O) groups excluding carboxylic acids is 2. The highest BCUT2D eigenvalue weighted by Crippen LogP contribution is 2.40. The van der Waals surface area contributed by atoms with Crippen molar-refractivity contribution in [3.63, 3.8) is 0 Å². The van der Waals surface area contributed by atoms with Gasteiger partial charge in [0.15, 0.2) is 0 Å². The van der Waals surface area contributed by atoms with Crippen LogP contribution in [-0.2, 0) is 27.3 Å². The summed E-state index contributed by atoms with van der Waals surface area (Å²) in [5.41, 5.74) is 11.8. The van der Waals surface area contributed by atoms with Gasteiger partial charge in [-0.05, 0) is 69.0 Å². The fourth-order valence-corrected chi connectivity index (χ4v) is 5.72. The standard InChI is InChI=1S/C23H33N5O5/c1-23(22(32)33)17(13-26-7-4-14(5-8-26)20(24)30)6-9-28(23)27-12-16-10-18(29)3-2-15(16)11-19(27)21(25)31/h2-3,10,14,17,19,29H,4-9,11-13H2,1H3,(H2,24,30)(H2,25,31)(H,32,33)/t17-,19+,23-/m0/s1. The summed E-state index contributed by atoms with van der Waals surface area (Å²) in [6.45, 7) is 4.52. The molecular formula is C23H33N5O5. The van der Waals surface area contributed by atoms with E-state index in [1.165, 1.54) is 0 Å². The average Bonchev–Trinajstić information content (AvgIpc) is 3.10. The summed E-state index contributed by atoms with van der Waals surface area (Å²) in [5, 5.41) is 23.9. The Morgan fingerprint density at radius 1 is 1.06 bits per heavy atom. The Morgan fingerprint density at radius 3 is 2.36 bits per heavy atom. The summed E-state index contributed by atoms with van der Waals surface area (Å²) in [6.07, 6.45) is 2.40. The molecule has 0 bridgehead atoms. The van der Waals surface area contributed by atoms with Crippen molar-refractivity contribution in [2.24, 2.45) is 23.3 Å². The fourth-order valence-electron chi connectivity index (χ4n) is 5.72. The van der Waals surface area contributed by atoms with E-state index >= 15 is 0 Å². The number of benzene rings is 1. The first kappa shape index (κ1) is 23.5. The van der Waals surface area contributed by atoms with Gasteiger partial charge < -0.3 is 26.6 Å². The van der Waals surface area contributed by atoms with Crippen molar-refractivity contribution >= 4 is 17.8 Å². The lowest BCUT2D eigenvalue weighted by molar-refractivity contribution is -0.178. The van der Waals surface area contributed by atoms with Crippen molar-refractivity contribution in [2.45, 2.75) is 50.7 Å². The minimum absolute atomic E-state index is 0.117. The molecule has 33 heavy (non-hydrogen) atoms. The number of nitrogens with zero attached hydrogens (tertiary/aromatic N) is 3. The van der Waals surface area contributed by atoms with Crippen LogP contribution in [0.25, 0.3) is 0 Å². The molecule has 0 aromatic heterocycles. The van der Waals surface area contributed by atoms with Crippen molar-refractivity contribution < 1.29 is 24.6 Å². The highest BCUT2D eigenvalue weighted by Gasteiger charge is 2.55. The van der Waals surface area contributed by atoms with Gasteiger partial charge in [0.25, 0.3) is 0 Å². The van der Waals surface area contributed by atoms with Gasteiger partial charge in [-0.25, -0.2) is 10.0 Å². The van der Waals surface area contributed by atoms with Crippen molar-refractivity contribution in [1.82, 2.24) is 14.9 Å². The zero-order valence-corrected chi connectivity index (χ0v) is 18.9. The van der Waals surface area contributed by atoms with Crippen LogP contribution in [0.4, 0.5) is 0 Å². The van der Waals surface area contributed by atoms with Gasteiger partial charge >= 0.3 is 5.97 Å². The fraction of sp³-hybridized carbons (Fsp3) is 0.609. The molecule has 0 saturated carbocycles. The van der Waals surface area contributed by atoms with Crippen molar-refractivity contribution in [1.29, 1.82) is 0 Å². The van der Waals surface area contributed by atoms with Crippen LogP contribution in [0.2, 0.25) is 0 Å². The van der Waals surface area contributed by atoms with Gasteiger partial charge in [0.1, 0.15) is 17.3 Å². The van der Waals surface area contributed by atoms with Crippen LogP contribution >= 0.6 is 0 Å². The molecule has 0 spiro atoms. The number of aromatic hydroxyl groups is 1. The van der Waals surface area contributed by atoms with Crippen LogP contribution in [0.15, 0.2) is 18.2 Å². The first-order valence-corrected chi connectivity index (χ1v) is 11.5. The molecule has 10 heteroatoms. The molecule has 180 valence electrons. The van der Waals surface area contributed by atoms with Gasteiger partial charge in [-0.15, -0.1) is 0 Å². The van der Waals surface area contributed by atoms with Crippen molar-refractivity contribution in [3.8, 4) is 5.75 Å². The van der Waals surface area contributed by atoms with E-state index in [9.17, 15) is 24.6 Å². The van der Waals surface area contributed by atoms with E-state index < -0.39 is 23.5 Å². The van der Waals surface area contributed by atoms with E-state index in [2.05, 4.69) is 4.90 Å². The van der Waals surface area contributed by atoms with Gasteiger partial charge in [0.05, 0.1) is 0 Å². The van der Waals surface area contributed by atoms with E-state index in [-0.39, 0.29) is 23.5 Å². The van der Waals surface area contributed by atoms with Crippen LogP contribution in [0.3, 0.4) is 0 Å². The molecule has 10 nitrogen and oxygen atoms in total. The third-order valence-electron chi connectivity index (χ3n) is 7.86. The first-order chi connectivity index (χ1) is 15.6. The number of aliphatic carboxylic acids is 1. The van der Waals surface area contributed by atoms with Crippen LogP contribution in [-0.4, -0.2) is 80.7 Å². The summed E-state index contributed by atoms with van der Waals surface area (Å²) in [5.74, 6) is -1.87. The maximum Gasteiger partial charge on any atom is 0.325 e. The monoisotopic (exact) mass is 459 g/mol. The van der Waals surface area contributed by atoms with Gasteiger partial charge in [-0.1, -0.05) is 6.07 Å². The van der Waals surface area contributed by atoms with Crippen LogP contribution in [0.5, 0.6) is 5.75 Å². The zero-order chi connectivity index (χ0) is 23.9. The Bertz CT molecular complexity index is 947. The number of hydrogen-bond donors (Lipinski definition) is 4. The molecule has 1 aromatic carbocycles. The van der Waals surface area contributed by atoms with Crippen LogP contribution in [0.1, 0.15) is 37.3 Å². The number of amides is 2. The van der Waals surface area contributed by atoms with E-state index in [1.54, 1.807) is 35.1 Å². The predicted molar refractivity (Wildman–Crippen MR) is 120 cm³/mol. The van der Waals surface area contributed by atoms with Crippen molar-refractivity contribution in [3.05, 3.63) is 29.3 Å². The van der Waals surface area contributed by atoms with E-state index in [0.717, 1.165) is 11.1 Å². The Balaban J connectivity index is 1.56. The minimum atomic E-state index is -1.22. The third kappa shape index (κ3) is 4.30. The Hall–Kier alpha value is -2.69. The molecule has 2 amide bonds. The minimum Gasteiger partial charge on any atom is -0.508 e. The van der Waals surface area contributed by atoms with Crippen molar-refractivity contribution in [2.75, 3.05) is 26.2 Å². The molecule has 3 heterocycles. The molecule has 0 radical (unpaired) electrons. The zero-order valence-electron chi connectivity index (χ0n) is 18.9. The molecule has 0 aliphatic carbocycles. The topological polar surface area (TPSA) is 153 Å². The number of carboxylic acids is 1. The molecular weight excluding hydrogens is 426 g/mol. The Kier molecular flexibility index (Phi) is 6.35. The van der Waals surface area contributed by atoms with E-state index in [4.69, 9.17) is 11.5 Å². The number of carboxylic acid groups (broad SMARTS) is 1. The lowest BCUT2D eigenvalue weighted by atomic mass is 9.85. The number of phenolic OH excluding ortho intramolecular Hbond substituents is 1. The number of hydrazine groups is 1. The molecule has 6 N–H and O–H groups in total. The molecule has 2 fully saturated rings. The summed E-state index contributed by atoms with van der Waals surface area (Å²) in [6, 6.07) is 4.37. The second-order valence-electron chi connectivity index (χ2n) is 9.71. The van der Waals surface area contributed by atoms with Crippen LogP contribution < -0.4 is 11.5 Å². The van der Waals surface area contributed by atoms with Gasteiger partial charge in [-0.3, -0.25) is 14.4 Å². The maximum absolute atomic E-state index is 12.6. The highest BCUT2D eigenvalue weighted by molar-refractivity contribution is 5.82. The van der Waals surface area contributed by atoms with Gasteiger partial charge in [-0.2, -0.15) is 0 Å². The second kappa shape index (κ2) is 8.92. The third-order valence-corrected chi connectivity index (χ3v) is 7.86. The summed E-state index contributed by atoms with van der Waals surface area (Å²) < 4.78 is 0. The Labute approximate surface area is 193 Å². The Morgan fingerprint density at radius 2 is 1.76 bits per heavy atom. The summed E-state index contributed by atoms with van der Waals surface area (Å²) in [7, 11) is 0. The summed E-state index contributed by atoms with van der Waals surface area (Å²) >= 11 is 0. The average molecular weight is 460 g/mol. The smallest absolute Gasteiger partial charge is 0.325 e. The SMILES string of the molecule is C[C@@]1(C(=O)O)[C@H](CN2CCC(C(N)=O)CC2)CCN1N1Cc2cc(O)ccc2C[C@@H]1C(N)=O. The molecule has 3 aliphatic rings. The van der Waals surface area contributed by atoms with Crippen LogP contribution in [0, 0.1) is 11.8 Å². The molecule has 1 aromatic rings. The quantitative estimate of drug-likeness (QED) is 0.459. The number of fused-ring (bicyclic) bond motifs is 1. The number of hydrogen-bond acceptors (Lipinski definition) is 7. The lowest BCUT2D eigenvalue weighted by Gasteiger charge is -2.47. The number of carbonyl (C=O) groups is 3. The molecule has 4 rings (SSSR count). The molecule has 0 unspecified atom stereocenters. The number of primary amides is 2. The summed E-state index contributed by atoms with van der Waals surface area (Å²) in [4.78, 5) is 38.7. The van der Waals surface area contributed by atoms with Gasteiger partial charge in [0, 0.05) is 31.5 Å². The van der Waals surface area contributed by atoms with E-state index in [0.29, 0.717) is 58.4 Å². The number of nitrogens with two attached hydrogens (primary N) is 2. The number of piperidine rings is 1. The largest absolute Gasteiger partial charge is 0.508 e. The van der Waals surface area contributed by atoms with E-state index in [1.807, 2.05) is 0 Å².